The Hall–Kier alpha value is -1.55. The van der Waals surface area contributed by atoms with Crippen LogP contribution in [0.4, 0.5) is 0 Å². The van der Waals surface area contributed by atoms with Crippen LogP contribution in [-0.2, 0) is 11.2 Å². The van der Waals surface area contributed by atoms with Crippen LogP contribution in [0.3, 0.4) is 0 Å². The molecule has 1 aromatic rings. The molecule has 1 aromatic carbocycles. The number of benzene rings is 1. The summed E-state index contributed by atoms with van der Waals surface area (Å²) in [6.45, 7) is 5.10. The van der Waals surface area contributed by atoms with E-state index in [4.69, 9.17) is 10.5 Å². The van der Waals surface area contributed by atoms with E-state index >= 15 is 0 Å². The fraction of sp³-hybridized carbons (Fsp3) is 0.500. The van der Waals surface area contributed by atoms with E-state index < -0.39 is 0 Å². The molecule has 0 fully saturated rings. The zero-order valence-corrected chi connectivity index (χ0v) is 11.4. The molecule has 4 heteroatoms. The van der Waals surface area contributed by atoms with Gasteiger partial charge in [-0.25, -0.2) is 0 Å². The van der Waals surface area contributed by atoms with Crippen molar-refractivity contribution in [3.63, 3.8) is 0 Å². The lowest BCUT2D eigenvalue weighted by Crippen LogP contribution is -2.27. The SMILES string of the molecule is COc1c(C)cc(CCNC(=O)CCN)cc1C. The summed E-state index contributed by atoms with van der Waals surface area (Å²) in [5.74, 6) is 0.949. The molecule has 0 radical (unpaired) electrons. The largest absolute Gasteiger partial charge is 0.496 e. The molecular weight excluding hydrogens is 228 g/mol. The second-order valence-electron chi connectivity index (χ2n) is 4.40. The molecule has 1 rings (SSSR count). The van der Waals surface area contributed by atoms with Gasteiger partial charge in [0, 0.05) is 19.5 Å². The van der Waals surface area contributed by atoms with Crippen molar-refractivity contribution in [1.82, 2.24) is 5.32 Å². The highest BCUT2D eigenvalue weighted by Gasteiger charge is 2.05. The van der Waals surface area contributed by atoms with Gasteiger partial charge < -0.3 is 15.8 Å². The van der Waals surface area contributed by atoms with Gasteiger partial charge in [0.15, 0.2) is 0 Å². The van der Waals surface area contributed by atoms with Gasteiger partial charge in [-0.2, -0.15) is 0 Å². The number of ether oxygens (including phenoxy) is 1. The van der Waals surface area contributed by atoms with Gasteiger partial charge in [0.1, 0.15) is 5.75 Å². The molecule has 0 heterocycles. The molecule has 0 spiro atoms. The molecule has 0 saturated carbocycles. The number of hydrogen-bond acceptors (Lipinski definition) is 3. The minimum atomic E-state index is 0.0134. The average Bonchev–Trinajstić information content (AvgIpc) is 2.29. The first-order valence-corrected chi connectivity index (χ1v) is 6.19. The standard InChI is InChI=1S/C14H22N2O2/c1-10-8-12(9-11(2)14(10)18-3)5-7-16-13(17)4-6-15/h8-9H,4-7,15H2,1-3H3,(H,16,17). The van der Waals surface area contributed by atoms with Crippen molar-refractivity contribution in [3.8, 4) is 5.75 Å². The maximum absolute atomic E-state index is 11.3. The number of carbonyl (C=O) groups excluding carboxylic acids is 1. The van der Waals surface area contributed by atoms with Gasteiger partial charge in [-0.3, -0.25) is 4.79 Å². The number of rotatable bonds is 6. The van der Waals surface area contributed by atoms with E-state index in [0.29, 0.717) is 19.5 Å². The number of nitrogens with one attached hydrogen (secondary N) is 1. The molecular formula is C14H22N2O2. The lowest BCUT2D eigenvalue weighted by molar-refractivity contribution is -0.120. The molecule has 3 N–H and O–H groups in total. The molecule has 0 aromatic heterocycles. The summed E-state index contributed by atoms with van der Waals surface area (Å²) in [6.07, 6.45) is 1.21. The van der Waals surface area contributed by atoms with Crippen molar-refractivity contribution in [1.29, 1.82) is 0 Å². The molecule has 0 aliphatic carbocycles. The molecule has 1 amide bonds. The smallest absolute Gasteiger partial charge is 0.221 e. The molecule has 18 heavy (non-hydrogen) atoms. The summed E-state index contributed by atoms with van der Waals surface area (Å²) in [6, 6.07) is 4.20. The second-order valence-corrected chi connectivity index (χ2v) is 4.40. The number of carbonyl (C=O) groups is 1. The van der Waals surface area contributed by atoms with Crippen LogP contribution in [0, 0.1) is 13.8 Å². The quantitative estimate of drug-likeness (QED) is 0.800. The van der Waals surface area contributed by atoms with Crippen molar-refractivity contribution in [2.75, 3.05) is 20.2 Å². The molecule has 0 aliphatic rings. The number of amides is 1. The zero-order chi connectivity index (χ0) is 13.5. The number of aryl methyl sites for hydroxylation is 2. The van der Waals surface area contributed by atoms with Gasteiger partial charge >= 0.3 is 0 Å². The van der Waals surface area contributed by atoms with Crippen LogP contribution in [0.5, 0.6) is 5.75 Å². The monoisotopic (exact) mass is 250 g/mol. The normalized spacial score (nSPS) is 10.2. The van der Waals surface area contributed by atoms with Crippen LogP contribution in [-0.4, -0.2) is 26.1 Å². The maximum Gasteiger partial charge on any atom is 0.221 e. The van der Waals surface area contributed by atoms with Gasteiger partial charge in [0.05, 0.1) is 7.11 Å². The summed E-state index contributed by atoms with van der Waals surface area (Å²) in [5, 5.41) is 2.85. The minimum absolute atomic E-state index is 0.0134. The van der Waals surface area contributed by atoms with E-state index in [2.05, 4.69) is 17.4 Å². The highest BCUT2D eigenvalue weighted by Crippen LogP contribution is 2.24. The molecule has 0 atom stereocenters. The number of methoxy groups -OCH3 is 1. The molecule has 100 valence electrons. The van der Waals surface area contributed by atoms with Gasteiger partial charge in [0.2, 0.25) is 5.91 Å². The number of nitrogens with two attached hydrogens (primary N) is 1. The molecule has 0 unspecified atom stereocenters. The molecule has 0 saturated heterocycles. The Balaban J connectivity index is 2.56. The Morgan fingerprint density at radius 2 is 1.94 bits per heavy atom. The zero-order valence-electron chi connectivity index (χ0n) is 11.4. The lowest BCUT2D eigenvalue weighted by atomic mass is 10.0. The summed E-state index contributed by atoms with van der Waals surface area (Å²) in [5.41, 5.74) is 8.77. The second kappa shape index (κ2) is 7.01. The highest BCUT2D eigenvalue weighted by atomic mass is 16.5. The van der Waals surface area contributed by atoms with Gasteiger partial charge in [-0.05, 0) is 37.0 Å². The summed E-state index contributed by atoms with van der Waals surface area (Å²) in [7, 11) is 1.68. The first-order valence-electron chi connectivity index (χ1n) is 6.19. The Bertz CT molecular complexity index is 393. The Kier molecular flexibility index (Phi) is 5.65. The van der Waals surface area contributed by atoms with Crippen LogP contribution >= 0.6 is 0 Å². The van der Waals surface area contributed by atoms with Crippen molar-refractivity contribution >= 4 is 5.91 Å². The minimum Gasteiger partial charge on any atom is -0.496 e. The molecule has 4 nitrogen and oxygen atoms in total. The summed E-state index contributed by atoms with van der Waals surface area (Å²) in [4.78, 5) is 11.3. The highest BCUT2D eigenvalue weighted by molar-refractivity contribution is 5.76. The van der Waals surface area contributed by atoms with E-state index in [1.165, 1.54) is 5.56 Å². The van der Waals surface area contributed by atoms with E-state index in [-0.39, 0.29) is 5.91 Å². The van der Waals surface area contributed by atoms with Crippen LogP contribution in [0.1, 0.15) is 23.1 Å². The summed E-state index contributed by atoms with van der Waals surface area (Å²) >= 11 is 0. The Morgan fingerprint density at radius 1 is 1.33 bits per heavy atom. The Morgan fingerprint density at radius 3 is 2.44 bits per heavy atom. The van der Waals surface area contributed by atoms with E-state index in [9.17, 15) is 4.79 Å². The van der Waals surface area contributed by atoms with Crippen molar-refractivity contribution in [2.45, 2.75) is 26.7 Å². The third-order valence-corrected chi connectivity index (χ3v) is 2.83. The predicted octanol–water partition coefficient (Wildman–Crippen LogP) is 1.32. The fourth-order valence-electron chi connectivity index (χ4n) is 2.07. The van der Waals surface area contributed by atoms with Crippen LogP contribution in [0.15, 0.2) is 12.1 Å². The van der Waals surface area contributed by atoms with Gasteiger partial charge in [0.25, 0.3) is 0 Å². The van der Waals surface area contributed by atoms with Crippen LogP contribution in [0.25, 0.3) is 0 Å². The maximum atomic E-state index is 11.3. The first kappa shape index (κ1) is 14.5. The lowest BCUT2D eigenvalue weighted by Gasteiger charge is -2.11. The van der Waals surface area contributed by atoms with Crippen molar-refractivity contribution in [2.24, 2.45) is 5.73 Å². The topological polar surface area (TPSA) is 64.3 Å². The average molecular weight is 250 g/mol. The van der Waals surface area contributed by atoms with Gasteiger partial charge in [-0.1, -0.05) is 12.1 Å². The fourth-order valence-corrected chi connectivity index (χ4v) is 2.07. The van der Waals surface area contributed by atoms with Crippen LogP contribution in [0.2, 0.25) is 0 Å². The third kappa shape index (κ3) is 4.04. The Labute approximate surface area is 109 Å². The number of hydrogen-bond donors (Lipinski definition) is 2. The third-order valence-electron chi connectivity index (χ3n) is 2.83. The molecule has 0 bridgehead atoms. The van der Waals surface area contributed by atoms with Crippen molar-refractivity contribution in [3.05, 3.63) is 28.8 Å². The van der Waals surface area contributed by atoms with E-state index in [1.54, 1.807) is 7.11 Å². The van der Waals surface area contributed by atoms with Crippen molar-refractivity contribution < 1.29 is 9.53 Å². The predicted molar refractivity (Wildman–Crippen MR) is 72.9 cm³/mol. The van der Waals surface area contributed by atoms with Crippen LogP contribution < -0.4 is 15.8 Å². The first-order chi connectivity index (χ1) is 8.58. The molecule has 0 aliphatic heterocycles. The summed E-state index contributed by atoms with van der Waals surface area (Å²) < 4.78 is 5.32. The van der Waals surface area contributed by atoms with E-state index in [0.717, 1.165) is 23.3 Å². The van der Waals surface area contributed by atoms with E-state index in [1.807, 2.05) is 13.8 Å². The van der Waals surface area contributed by atoms with Gasteiger partial charge in [-0.15, -0.1) is 0 Å².